The van der Waals surface area contributed by atoms with Gasteiger partial charge in [-0.15, -0.1) is 0 Å². The maximum absolute atomic E-state index is 6.02. The lowest BCUT2D eigenvalue weighted by Crippen LogP contribution is -2.48. The van der Waals surface area contributed by atoms with Gasteiger partial charge < -0.3 is 14.2 Å². The number of hydrogen-bond acceptors (Lipinski definition) is 3. The summed E-state index contributed by atoms with van der Waals surface area (Å²) in [7, 11) is 0.936. The van der Waals surface area contributed by atoms with E-state index in [1.807, 2.05) is 0 Å². The zero-order valence-electron chi connectivity index (χ0n) is 12.3. The van der Waals surface area contributed by atoms with Crippen LogP contribution in [0.15, 0.2) is 0 Å². The molecular weight excluding hydrogens is 244 g/mol. The summed E-state index contributed by atoms with van der Waals surface area (Å²) in [5.74, 6) is 1.25. The van der Waals surface area contributed by atoms with Crippen LogP contribution < -0.4 is 0 Å². The molecule has 0 spiro atoms. The number of rotatable bonds is 7. The Morgan fingerprint density at radius 3 is 2.33 bits per heavy atom. The zero-order chi connectivity index (χ0) is 13.2. The molecule has 0 bridgehead atoms. The molecule has 0 N–H and O–H groups in total. The van der Waals surface area contributed by atoms with Gasteiger partial charge in [-0.2, -0.15) is 0 Å². The van der Waals surface area contributed by atoms with Gasteiger partial charge in [0.15, 0.2) is 0 Å². The third-order valence-corrected chi connectivity index (χ3v) is 5.91. The van der Waals surface area contributed by atoms with E-state index >= 15 is 0 Å². The summed E-state index contributed by atoms with van der Waals surface area (Å²) in [5.41, 5.74) is -0.287. The molecule has 4 atom stereocenters. The third kappa shape index (κ3) is 2.98. The molecule has 0 aromatic heterocycles. The minimum atomic E-state index is -0.287. The lowest BCUT2D eigenvalue weighted by atomic mass is 9.78. The lowest BCUT2D eigenvalue weighted by molar-refractivity contribution is -0.216. The van der Waals surface area contributed by atoms with Crippen LogP contribution >= 0.6 is 0 Å². The average molecular weight is 272 g/mol. The van der Waals surface area contributed by atoms with Gasteiger partial charge in [0.25, 0.3) is 0 Å². The molecule has 1 heterocycles. The molecule has 18 heavy (non-hydrogen) atoms. The fourth-order valence-corrected chi connectivity index (χ4v) is 5.22. The quantitative estimate of drug-likeness (QED) is 0.401. The Hall–Kier alpha value is 0.0969. The molecule has 0 aromatic rings. The summed E-state index contributed by atoms with van der Waals surface area (Å²) in [6, 6.07) is 0. The zero-order valence-corrected chi connectivity index (χ0v) is 14.3. The first-order chi connectivity index (χ1) is 8.64. The van der Waals surface area contributed by atoms with E-state index < -0.39 is 0 Å². The molecule has 1 aliphatic carbocycles. The van der Waals surface area contributed by atoms with Crippen LogP contribution in [0.3, 0.4) is 0 Å². The molecule has 2 aliphatic rings. The van der Waals surface area contributed by atoms with Crippen molar-refractivity contribution in [2.45, 2.75) is 64.1 Å². The van der Waals surface area contributed by atoms with Crippen molar-refractivity contribution in [2.24, 2.45) is 11.8 Å². The second-order valence-electron chi connectivity index (χ2n) is 5.68. The summed E-state index contributed by atoms with van der Waals surface area (Å²) < 4.78 is 17.7. The fraction of sp³-hybridized carbons (Fsp3) is 1.00. The van der Waals surface area contributed by atoms with Crippen LogP contribution in [-0.2, 0) is 14.2 Å². The summed E-state index contributed by atoms with van der Waals surface area (Å²) in [6.07, 6.45) is 6.01. The van der Waals surface area contributed by atoms with Gasteiger partial charge in [0, 0.05) is 19.1 Å². The minimum absolute atomic E-state index is 0.287. The van der Waals surface area contributed by atoms with Gasteiger partial charge in [-0.1, -0.05) is 6.92 Å². The van der Waals surface area contributed by atoms with Gasteiger partial charge >= 0.3 is 0 Å². The molecule has 3 nitrogen and oxygen atoms in total. The molecule has 1 saturated heterocycles. The molecule has 106 valence electrons. The van der Waals surface area contributed by atoms with Crippen molar-refractivity contribution in [1.82, 2.24) is 0 Å². The standard InChI is InChI=1S/C14H28O3Si/c1-4-11(14(18,15-5-2)16-6-3)10-7-8-12-13(9-10)17-12/h10-13H,4-9H2,1-3,18H3. The molecule has 2 rings (SSSR count). The van der Waals surface area contributed by atoms with Crippen LogP contribution in [0, 0.1) is 11.8 Å². The maximum Gasteiger partial charge on any atom is 0.144 e. The Balaban J connectivity index is 2.03. The normalized spacial score (nSPS) is 33.2. The number of ether oxygens (including phenoxy) is 3. The van der Waals surface area contributed by atoms with Crippen LogP contribution in [0.4, 0.5) is 0 Å². The van der Waals surface area contributed by atoms with Crippen molar-refractivity contribution in [1.29, 1.82) is 0 Å². The summed E-state index contributed by atoms with van der Waals surface area (Å²) in [5, 5.41) is 0. The predicted molar refractivity (Wildman–Crippen MR) is 75.7 cm³/mol. The fourth-order valence-electron chi connectivity index (χ4n) is 3.76. The Labute approximate surface area is 114 Å². The lowest BCUT2D eigenvalue weighted by Gasteiger charge is -2.42. The van der Waals surface area contributed by atoms with E-state index in [9.17, 15) is 0 Å². The SMILES string of the molecule is CCOC([SiH3])(OCC)C(CC)C1CCC2OC2C1. The highest BCUT2D eigenvalue weighted by Crippen LogP contribution is 2.45. The van der Waals surface area contributed by atoms with Gasteiger partial charge in [0.1, 0.15) is 5.41 Å². The van der Waals surface area contributed by atoms with Crippen LogP contribution in [0.5, 0.6) is 0 Å². The van der Waals surface area contributed by atoms with Crippen LogP contribution in [0.1, 0.15) is 46.5 Å². The van der Waals surface area contributed by atoms with E-state index in [1.54, 1.807) is 0 Å². The molecule has 0 amide bonds. The minimum Gasteiger partial charge on any atom is -0.370 e. The topological polar surface area (TPSA) is 31.0 Å². The number of hydrogen-bond donors (Lipinski definition) is 0. The van der Waals surface area contributed by atoms with E-state index in [1.165, 1.54) is 19.3 Å². The monoisotopic (exact) mass is 272 g/mol. The Kier molecular flexibility index (Phi) is 4.86. The van der Waals surface area contributed by atoms with Crippen molar-refractivity contribution in [3.05, 3.63) is 0 Å². The molecule has 0 aromatic carbocycles. The van der Waals surface area contributed by atoms with Gasteiger partial charge in [-0.3, -0.25) is 0 Å². The molecule has 4 unspecified atom stereocenters. The van der Waals surface area contributed by atoms with E-state index in [2.05, 4.69) is 20.8 Å². The molecule has 1 aliphatic heterocycles. The summed E-state index contributed by atoms with van der Waals surface area (Å²) in [4.78, 5) is 0. The molecule has 1 saturated carbocycles. The summed E-state index contributed by atoms with van der Waals surface area (Å²) >= 11 is 0. The van der Waals surface area contributed by atoms with Gasteiger partial charge in [-0.05, 0) is 45.4 Å². The number of fused-ring (bicyclic) bond motifs is 1. The Morgan fingerprint density at radius 1 is 1.17 bits per heavy atom. The first-order valence-corrected chi connectivity index (χ1v) is 8.57. The largest absolute Gasteiger partial charge is 0.370 e. The Morgan fingerprint density at radius 2 is 1.83 bits per heavy atom. The van der Waals surface area contributed by atoms with Gasteiger partial charge in [-0.25, -0.2) is 0 Å². The highest BCUT2D eigenvalue weighted by atomic mass is 28.1. The van der Waals surface area contributed by atoms with E-state index in [-0.39, 0.29) is 5.41 Å². The van der Waals surface area contributed by atoms with Crippen LogP contribution in [-0.4, -0.2) is 41.1 Å². The van der Waals surface area contributed by atoms with Crippen molar-refractivity contribution < 1.29 is 14.2 Å². The molecule has 4 heteroatoms. The van der Waals surface area contributed by atoms with Gasteiger partial charge in [0.2, 0.25) is 0 Å². The van der Waals surface area contributed by atoms with Crippen molar-refractivity contribution in [3.63, 3.8) is 0 Å². The number of epoxide rings is 1. The smallest absolute Gasteiger partial charge is 0.144 e. The van der Waals surface area contributed by atoms with E-state index in [0.29, 0.717) is 24.0 Å². The first kappa shape index (κ1) is 14.5. The predicted octanol–water partition coefficient (Wildman–Crippen LogP) is 1.67. The van der Waals surface area contributed by atoms with E-state index in [4.69, 9.17) is 14.2 Å². The van der Waals surface area contributed by atoms with Crippen molar-refractivity contribution in [2.75, 3.05) is 13.2 Å². The van der Waals surface area contributed by atoms with Crippen molar-refractivity contribution in [3.8, 4) is 0 Å². The van der Waals surface area contributed by atoms with Crippen LogP contribution in [0.25, 0.3) is 0 Å². The van der Waals surface area contributed by atoms with Crippen molar-refractivity contribution >= 4 is 10.2 Å². The molecular formula is C14H28O3Si. The third-order valence-electron chi connectivity index (χ3n) is 4.59. The first-order valence-electron chi connectivity index (χ1n) is 7.57. The molecule has 2 fully saturated rings. The van der Waals surface area contributed by atoms with Crippen LogP contribution in [0.2, 0.25) is 0 Å². The van der Waals surface area contributed by atoms with Gasteiger partial charge in [0.05, 0.1) is 22.5 Å². The second kappa shape index (κ2) is 6.03. The van der Waals surface area contributed by atoms with E-state index in [0.717, 1.165) is 29.9 Å². The highest BCUT2D eigenvalue weighted by molar-refractivity contribution is 6.13. The molecule has 0 radical (unpaired) electrons. The second-order valence-corrected chi connectivity index (χ2v) is 7.08. The maximum atomic E-state index is 6.02. The average Bonchev–Trinajstić information content (AvgIpc) is 3.08. The summed E-state index contributed by atoms with van der Waals surface area (Å²) in [6.45, 7) is 7.90. The highest BCUT2D eigenvalue weighted by Gasteiger charge is 2.49. The Bertz CT molecular complexity index is 266.